The first-order chi connectivity index (χ1) is 10.6. The van der Waals surface area contributed by atoms with Gasteiger partial charge in [0.25, 0.3) is 0 Å². The van der Waals surface area contributed by atoms with Crippen LogP contribution in [0.1, 0.15) is 16.1 Å². The van der Waals surface area contributed by atoms with Crippen LogP contribution in [0, 0.1) is 18.6 Å². The SMILES string of the molecule is Cc1ccc(-n2nnc(C=O)c2-c2ccc(F)c(F)c2)cc1. The molecule has 1 aromatic heterocycles. The molecule has 3 rings (SSSR count). The number of hydrogen-bond donors (Lipinski definition) is 0. The van der Waals surface area contributed by atoms with Crippen molar-refractivity contribution in [1.29, 1.82) is 0 Å². The Bertz CT molecular complexity index is 841. The molecule has 0 aliphatic rings. The molecular formula is C16H11F2N3O. The molecular weight excluding hydrogens is 288 g/mol. The van der Waals surface area contributed by atoms with E-state index >= 15 is 0 Å². The van der Waals surface area contributed by atoms with Gasteiger partial charge in [-0.25, -0.2) is 13.5 Å². The topological polar surface area (TPSA) is 47.8 Å². The third kappa shape index (κ3) is 2.39. The fraction of sp³-hybridized carbons (Fsp3) is 0.0625. The van der Waals surface area contributed by atoms with E-state index in [9.17, 15) is 13.6 Å². The fourth-order valence-corrected chi connectivity index (χ4v) is 2.15. The van der Waals surface area contributed by atoms with Crippen molar-refractivity contribution in [3.8, 4) is 16.9 Å². The molecule has 110 valence electrons. The van der Waals surface area contributed by atoms with E-state index < -0.39 is 11.6 Å². The van der Waals surface area contributed by atoms with Crippen LogP contribution in [0.3, 0.4) is 0 Å². The Morgan fingerprint density at radius 3 is 2.41 bits per heavy atom. The number of aromatic nitrogens is 3. The van der Waals surface area contributed by atoms with Crippen molar-refractivity contribution in [2.45, 2.75) is 6.92 Å². The molecule has 0 aliphatic carbocycles. The number of aldehydes is 1. The van der Waals surface area contributed by atoms with Crippen molar-refractivity contribution in [2.24, 2.45) is 0 Å². The van der Waals surface area contributed by atoms with Crippen molar-refractivity contribution in [1.82, 2.24) is 15.0 Å². The Labute approximate surface area is 125 Å². The molecule has 1 heterocycles. The number of benzene rings is 2. The highest BCUT2D eigenvalue weighted by atomic mass is 19.2. The smallest absolute Gasteiger partial charge is 0.172 e. The minimum atomic E-state index is -0.994. The lowest BCUT2D eigenvalue weighted by molar-refractivity contribution is 0.111. The molecule has 2 aromatic carbocycles. The summed E-state index contributed by atoms with van der Waals surface area (Å²) in [5.74, 6) is -1.95. The number of halogens is 2. The molecule has 6 heteroatoms. The highest BCUT2D eigenvalue weighted by Crippen LogP contribution is 2.26. The Morgan fingerprint density at radius 2 is 1.77 bits per heavy atom. The molecule has 0 radical (unpaired) electrons. The van der Waals surface area contributed by atoms with Gasteiger partial charge >= 0.3 is 0 Å². The van der Waals surface area contributed by atoms with E-state index in [0.717, 1.165) is 17.7 Å². The first kappa shape index (κ1) is 14.1. The molecule has 0 saturated heterocycles. The number of carbonyl (C=O) groups excluding carboxylic acids is 1. The summed E-state index contributed by atoms with van der Waals surface area (Å²) in [5, 5.41) is 7.73. The molecule has 0 saturated carbocycles. The molecule has 0 spiro atoms. The highest BCUT2D eigenvalue weighted by Gasteiger charge is 2.17. The van der Waals surface area contributed by atoms with E-state index in [2.05, 4.69) is 10.3 Å². The van der Waals surface area contributed by atoms with Crippen LogP contribution in [0.5, 0.6) is 0 Å². The zero-order valence-corrected chi connectivity index (χ0v) is 11.6. The maximum atomic E-state index is 13.5. The van der Waals surface area contributed by atoms with Crippen molar-refractivity contribution < 1.29 is 13.6 Å². The first-order valence-corrected chi connectivity index (χ1v) is 6.53. The van der Waals surface area contributed by atoms with Crippen LogP contribution in [-0.4, -0.2) is 21.3 Å². The van der Waals surface area contributed by atoms with Gasteiger partial charge in [-0.3, -0.25) is 4.79 Å². The summed E-state index contributed by atoms with van der Waals surface area (Å²) in [5.41, 5.74) is 2.44. The van der Waals surface area contributed by atoms with Crippen molar-refractivity contribution >= 4 is 6.29 Å². The first-order valence-electron chi connectivity index (χ1n) is 6.53. The lowest BCUT2D eigenvalue weighted by Crippen LogP contribution is -2.00. The molecule has 3 aromatic rings. The molecule has 0 N–H and O–H groups in total. The number of rotatable bonds is 3. The zero-order chi connectivity index (χ0) is 15.7. The molecule has 0 aliphatic heterocycles. The summed E-state index contributed by atoms with van der Waals surface area (Å²) in [4.78, 5) is 11.2. The lowest BCUT2D eigenvalue weighted by atomic mass is 10.1. The fourth-order valence-electron chi connectivity index (χ4n) is 2.15. The summed E-state index contributed by atoms with van der Waals surface area (Å²) in [7, 11) is 0. The van der Waals surface area contributed by atoms with Crippen LogP contribution in [0.4, 0.5) is 8.78 Å². The minimum absolute atomic E-state index is 0.0617. The minimum Gasteiger partial charge on any atom is -0.296 e. The van der Waals surface area contributed by atoms with E-state index in [1.807, 2.05) is 31.2 Å². The number of aryl methyl sites for hydroxylation is 1. The average molecular weight is 299 g/mol. The Balaban J connectivity index is 2.21. The molecule has 0 amide bonds. The molecule has 4 nitrogen and oxygen atoms in total. The highest BCUT2D eigenvalue weighted by molar-refractivity contribution is 5.84. The maximum Gasteiger partial charge on any atom is 0.172 e. The second kappa shape index (κ2) is 5.48. The summed E-state index contributed by atoms with van der Waals surface area (Å²) in [6, 6.07) is 10.8. The van der Waals surface area contributed by atoms with Gasteiger partial charge in [0.1, 0.15) is 5.69 Å². The van der Waals surface area contributed by atoms with Gasteiger partial charge in [-0.15, -0.1) is 5.10 Å². The lowest BCUT2D eigenvalue weighted by Gasteiger charge is -2.08. The summed E-state index contributed by atoms with van der Waals surface area (Å²) < 4.78 is 28.0. The Kier molecular flexibility index (Phi) is 3.50. The van der Waals surface area contributed by atoms with Crippen molar-refractivity contribution in [3.05, 3.63) is 65.4 Å². The van der Waals surface area contributed by atoms with Crippen LogP contribution in [0.25, 0.3) is 16.9 Å². The third-order valence-electron chi connectivity index (χ3n) is 3.28. The van der Waals surface area contributed by atoms with Crippen LogP contribution >= 0.6 is 0 Å². The van der Waals surface area contributed by atoms with Crippen LogP contribution in [0.15, 0.2) is 42.5 Å². The van der Waals surface area contributed by atoms with Crippen molar-refractivity contribution in [2.75, 3.05) is 0 Å². The molecule has 0 bridgehead atoms. The van der Waals surface area contributed by atoms with Gasteiger partial charge < -0.3 is 0 Å². The second-order valence-electron chi connectivity index (χ2n) is 4.82. The van der Waals surface area contributed by atoms with Gasteiger partial charge in [-0.05, 0) is 37.3 Å². The Hall–Kier alpha value is -2.89. The van der Waals surface area contributed by atoms with E-state index in [0.29, 0.717) is 23.2 Å². The predicted octanol–water partition coefficient (Wildman–Crippen LogP) is 3.33. The normalized spacial score (nSPS) is 10.7. The summed E-state index contributed by atoms with van der Waals surface area (Å²) >= 11 is 0. The van der Waals surface area contributed by atoms with Crippen molar-refractivity contribution in [3.63, 3.8) is 0 Å². The molecule has 0 fully saturated rings. The monoisotopic (exact) mass is 299 g/mol. The van der Waals surface area contributed by atoms with E-state index in [4.69, 9.17) is 0 Å². The standard InChI is InChI=1S/C16H11F2N3O/c1-10-2-5-12(6-3-10)21-16(15(9-22)19-20-21)11-4-7-13(17)14(18)8-11/h2-9H,1H3. The van der Waals surface area contributed by atoms with Gasteiger partial charge in [0.15, 0.2) is 23.6 Å². The number of hydrogen-bond acceptors (Lipinski definition) is 3. The van der Waals surface area contributed by atoms with Crippen LogP contribution < -0.4 is 0 Å². The van der Waals surface area contributed by atoms with E-state index in [1.165, 1.54) is 10.7 Å². The molecule has 22 heavy (non-hydrogen) atoms. The summed E-state index contributed by atoms with van der Waals surface area (Å²) in [6.45, 7) is 1.94. The van der Waals surface area contributed by atoms with Gasteiger partial charge in [0.2, 0.25) is 0 Å². The molecule has 0 unspecified atom stereocenters. The number of carbonyl (C=O) groups is 1. The van der Waals surface area contributed by atoms with Crippen LogP contribution in [0.2, 0.25) is 0 Å². The largest absolute Gasteiger partial charge is 0.296 e. The average Bonchev–Trinajstić information content (AvgIpc) is 2.94. The van der Waals surface area contributed by atoms with E-state index in [-0.39, 0.29) is 5.69 Å². The maximum absolute atomic E-state index is 13.5. The van der Waals surface area contributed by atoms with Gasteiger partial charge in [0, 0.05) is 5.56 Å². The second-order valence-corrected chi connectivity index (χ2v) is 4.82. The quantitative estimate of drug-likeness (QED) is 0.697. The summed E-state index contributed by atoms with van der Waals surface area (Å²) in [6.07, 6.45) is 0.536. The third-order valence-corrected chi connectivity index (χ3v) is 3.28. The van der Waals surface area contributed by atoms with Gasteiger partial charge in [-0.1, -0.05) is 22.9 Å². The van der Waals surface area contributed by atoms with Crippen LogP contribution in [-0.2, 0) is 0 Å². The molecule has 0 atom stereocenters. The van der Waals surface area contributed by atoms with Gasteiger partial charge in [0.05, 0.1) is 5.69 Å². The Morgan fingerprint density at radius 1 is 1.05 bits per heavy atom. The zero-order valence-electron chi connectivity index (χ0n) is 11.6. The number of nitrogens with zero attached hydrogens (tertiary/aromatic N) is 3. The van der Waals surface area contributed by atoms with E-state index in [1.54, 1.807) is 0 Å². The van der Waals surface area contributed by atoms with Gasteiger partial charge in [-0.2, -0.15) is 0 Å². The predicted molar refractivity (Wildman–Crippen MR) is 76.8 cm³/mol.